The molecule has 2 rings (SSSR count). The largest absolute Gasteiger partial charge is 0.448 e. The number of nitrogens with zero attached hydrogens (tertiary/aromatic N) is 2. The van der Waals surface area contributed by atoms with E-state index in [4.69, 9.17) is 4.42 Å². The van der Waals surface area contributed by atoms with Crippen LogP contribution in [0.2, 0.25) is 0 Å². The minimum atomic E-state index is -3.39. The third-order valence-electron chi connectivity index (χ3n) is 2.95. The third-order valence-corrected chi connectivity index (χ3v) is 4.60. The molecular formula is C14H18N2O3S. The predicted molar refractivity (Wildman–Crippen MR) is 76.0 cm³/mol. The normalized spacial score (nSPS) is 12.0. The van der Waals surface area contributed by atoms with Gasteiger partial charge in [0.25, 0.3) is 0 Å². The second-order valence-electron chi connectivity index (χ2n) is 5.00. The van der Waals surface area contributed by atoms with E-state index in [-0.39, 0.29) is 5.75 Å². The Morgan fingerprint density at radius 3 is 2.35 bits per heavy atom. The highest BCUT2D eigenvalue weighted by Crippen LogP contribution is 2.18. The van der Waals surface area contributed by atoms with Crippen molar-refractivity contribution >= 4 is 9.84 Å². The standard InChI is InChI=1S/C14H18N2O3S/c1-11-14(15-10-19-11)9-20(17,18)13-6-4-12(5-7-13)8-16(2)3/h4-7,10H,8-9H2,1-3H3. The Morgan fingerprint density at radius 1 is 1.20 bits per heavy atom. The topological polar surface area (TPSA) is 63.4 Å². The van der Waals surface area contributed by atoms with E-state index < -0.39 is 9.84 Å². The Bertz CT molecular complexity index is 673. The van der Waals surface area contributed by atoms with Crippen LogP contribution < -0.4 is 0 Å². The Kier molecular flexibility index (Phi) is 4.25. The number of rotatable bonds is 5. The summed E-state index contributed by atoms with van der Waals surface area (Å²) in [5, 5.41) is 0. The Morgan fingerprint density at radius 2 is 1.85 bits per heavy atom. The second kappa shape index (κ2) is 5.76. The quantitative estimate of drug-likeness (QED) is 0.844. The Labute approximate surface area is 119 Å². The molecule has 1 aromatic heterocycles. The molecule has 1 heterocycles. The molecule has 108 valence electrons. The summed E-state index contributed by atoms with van der Waals surface area (Å²) in [4.78, 5) is 6.27. The zero-order chi connectivity index (χ0) is 14.8. The molecule has 6 heteroatoms. The lowest BCUT2D eigenvalue weighted by Crippen LogP contribution is -2.11. The monoisotopic (exact) mass is 294 g/mol. The Hall–Kier alpha value is -1.66. The molecule has 0 saturated carbocycles. The van der Waals surface area contributed by atoms with Crippen LogP contribution in [0.3, 0.4) is 0 Å². The van der Waals surface area contributed by atoms with E-state index in [2.05, 4.69) is 4.98 Å². The fourth-order valence-electron chi connectivity index (χ4n) is 1.90. The van der Waals surface area contributed by atoms with E-state index in [1.54, 1.807) is 19.1 Å². The summed E-state index contributed by atoms with van der Waals surface area (Å²) in [6, 6.07) is 6.96. The molecule has 0 aliphatic rings. The second-order valence-corrected chi connectivity index (χ2v) is 6.99. The predicted octanol–water partition coefficient (Wildman–Crippen LogP) is 2.02. The van der Waals surface area contributed by atoms with Gasteiger partial charge in [-0.15, -0.1) is 0 Å². The molecule has 20 heavy (non-hydrogen) atoms. The molecule has 0 N–H and O–H groups in total. The molecule has 2 aromatic rings. The number of aryl methyl sites for hydroxylation is 1. The third kappa shape index (κ3) is 3.46. The number of hydrogen-bond donors (Lipinski definition) is 0. The van der Waals surface area contributed by atoms with Gasteiger partial charge in [-0.3, -0.25) is 0 Å². The van der Waals surface area contributed by atoms with Gasteiger partial charge < -0.3 is 9.32 Å². The SMILES string of the molecule is Cc1ocnc1CS(=O)(=O)c1ccc(CN(C)C)cc1. The highest BCUT2D eigenvalue weighted by atomic mass is 32.2. The maximum atomic E-state index is 12.3. The van der Waals surface area contributed by atoms with Gasteiger partial charge in [-0.2, -0.15) is 0 Å². The number of aromatic nitrogens is 1. The lowest BCUT2D eigenvalue weighted by molar-refractivity contribution is 0.402. The fourth-order valence-corrected chi connectivity index (χ4v) is 3.25. The molecule has 0 aliphatic carbocycles. The molecule has 0 aliphatic heterocycles. The first-order chi connectivity index (χ1) is 9.38. The van der Waals surface area contributed by atoms with Crippen LogP contribution >= 0.6 is 0 Å². The fraction of sp³-hybridized carbons (Fsp3) is 0.357. The minimum absolute atomic E-state index is 0.137. The van der Waals surface area contributed by atoms with Crippen LogP contribution in [0.15, 0.2) is 40.0 Å². The van der Waals surface area contributed by atoms with Crippen LogP contribution in [0.1, 0.15) is 17.0 Å². The van der Waals surface area contributed by atoms with E-state index in [9.17, 15) is 8.42 Å². The van der Waals surface area contributed by atoms with Crippen molar-refractivity contribution in [3.63, 3.8) is 0 Å². The number of oxazole rings is 1. The molecule has 0 saturated heterocycles. The Balaban J connectivity index is 2.19. The highest BCUT2D eigenvalue weighted by molar-refractivity contribution is 7.90. The maximum Gasteiger partial charge on any atom is 0.184 e. The molecular weight excluding hydrogens is 276 g/mol. The zero-order valence-electron chi connectivity index (χ0n) is 11.8. The van der Waals surface area contributed by atoms with E-state index in [1.807, 2.05) is 31.1 Å². The van der Waals surface area contributed by atoms with Crippen molar-refractivity contribution in [2.75, 3.05) is 14.1 Å². The van der Waals surface area contributed by atoms with Crippen molar-refractivity contribution in [2.45, 2.75) is 24.1 Å². The summed E-state index contributed by atoms with van der Waals surface area (Å²) in [6.45, 7) is 2.49. The summed E-state index contributed by atoms with van der Waals surface area (Å²) in [5.41, 5.74) is 1.54. The molecule has 0 radical (unpaired) electrons. The van der Waals surface area contributed by atoms with E-state index in [0.29, 0.717) is 16.3 Å². The van der Waals surface area contributed by atoms with Crippen LogP contribution in [0.4, 0.5) is 0 Å². The lowest BCUT2D eigenvalue weighted by atomic mass is 10.2. The average molecular weight is 294 g/mol. The van der Waals surface area contributed by atoms with Gasteiger partial charge in [-0.25, -0.2) is 13.4 Å². The average Bonchev–Trinajstić information content (AvgIpc) is 2.74. The van der Waals surface area contributed by atoms with Crippen LogP contribution in [0, 0.1) is 6.92 Å². The van der Waals surface area contributed by atoms with Gasteiger partial charge in [0.15, 0.2) is 16.2 Å². The molecule has 0 bridgehead atoms. The first kappa shape index (κ1) is 14.7. The van der Waals surface area contributed by atoms with Crippen molar-refractivity contribution in [1.29, 1.82) is 0 Å². The molecule has 0 amide bonds. The van der Waals surface area contributed by atoms with Crippen molar-refractivity contribution in [2.24, 2.45) is 0 Å². The van der Waals surface area contributed by atoms with Gasteiger partial charge in [0.05, 0.1) is 10.6 Å². The number of hydrogen-bond acceptors (Lipinski definition) is 5. The summed E-state index contributed by atoms with van der Waals surface area (Å²) < 4.78 is 29.6. The van der Waals surface area contributed by atoms with Crippen molar-refractivity contribution in [3.8, 4) is 0 Å². The first-order valence-electron chi connectivity index (χ1n) is 6.24. The molecule has 0 fully saturated rings. The van der Waals surface area contributed by atoms with Gasteiger partial charge in [0.2, 0.25) is 0 Å². The van der Waals surface area contributed by atoms with Gasteiger partial charge in [0, 0.05) is 6.54 Å². The molecule has 1 aromatic carbocycles. The van der Waals surface area contributed by atoms with Crippen LogP contribution in [0.25, 0.3) is 0 Å². The van der Waals surface area contributed by atoms with E-state index >= 15 is 0 Å². The highest BCUT2D eigenvalue weighted by Gasteiger charge is 2.18. The van der Waals surface area contributed by atoms with Crippen molar-refractivity contribution in [3.05, 3.63) is 47.7 Å². The van der Waals surface area contributed by atoms with Crippen LogP contribution in [-0.2, 0) is 22.1 Å². The van der Waals surface area contributed by atoms with E-state index in [1.165, 1.54) is 6.39 Å². The number of benzene rings is 1. The van der Waals surface area contributed by atoms with E-state index in [0.717, 1.165) is 12.1 Å². The maximum absolute atomic E-state index is 12.3. The molecule has 0 unspecified atom stereocenters. The van der Waals surface area contributed by atoms with Gasteiger partial charge in [-0.1, -0.05) is 12.1 Å². The minimum Gasteiger partial charge on any atom is -0.448 e. The van der Waals surface area contributed by atoms with Crippen molar-refractivity contribution < 1.29 is 12.8 Å². The lowest BCUT2D eigenvalue weighted by Gasteiger charge is -2.10. The van der Waals surface area contributed by atoms with Crippen molar-refractivity contribution in [1.82, 2.24) is 9.88 Å². The first-order valence-corrected chi connectivity index (χ1v) is 7.89. The smallest absolute Gasteiger partial charge is 0.184 e. The number of sulfone groups is 1. The summed E-state index contributed by atoms with van der Waals surface area (Å²) in [5.74, 6) is 0.403. The van der Waals surface area contributed by atoms with Gasteiger partial charge >= 0.3 is 0 Å². The van der Waals surface area contributed by atoms with Gasteiger partial charge in [-0.05, 0) is 38.7 Å². The molecule has 5 nitrogen and oxygen atoms in total. The van der Waals surface area contributed by atoms with Crippen LogP contribution in [0.5, 0.6) is 0 Å². The zero-order valence-corrected chi connectivity index (χ0v) is 12.6. The molecule has 0 spiro atoms. The summed E-state index contributed by atoms with van der Waals surface area (Å²) in [6.07, 6.45) is 1.26. The summed E-state index contributed by atoms with van der Waals surface area (Å²) >= 11 is 0. The van der Waals surface area contributed by atoms with Gasteiger partial charge in [0.1, 0.15) is 11.5 Å². The molecule has 0 atom stereocenters. The summed E-state index contributed by atoms with van der Waals surface area (Å²) in [7, 11) is 0.553. The van der Waals surface area contributed by atoms with Crippen LogP contribution in [-0.4, -0.2) is 32.4 Å².